The molecule has 1 atom stereocenters. The molecule has 15 heavy (non-hydrogen) atoms. The van der Waals surface area contributed by atoms with Crippen molar-refractivity contribution in [2.24, 2.45) is 0 Å². The number of ether oxygens (including phenoxy) is 1. The van der Waals surface area contributed by atoms with Gasteiger partial charge in [0.05, 0.1) is 5.60 Å². The lowest BCUT2D eigenvalue weighted by molar-refractivity contribution is -0.122. The quantitative estimate of drug-likeness (QED) is 0.598. The fraction of sp³-hybridized carbons (Fsp3) is 0.909. The third-order valence-electron chi connectivity index (χ3n) is 2.32. The third kappa shape index (κ3) is 8.39. The van der Waals surface area contributed by atoms with Crippen molar-refractivity contribution in [2.75, 3.05) is 19.8 Å². The number of aliphatic hydroxyl groups is 1. The van der Waals surface area contributed by atoms with Crippen LogP contribution in [0, 0.1) is 0 Å². The van der Waals surface area contributed by atoms with E-state index in [0.29, 0.717) is 32.6 Å². The summed E-state index contributed by atoms with van der Waals surface area (Å²) in [5, 5.41) is 12.3. The minimum absolute atomic E-state index is 0.0246. The van der Waals surface area contributed by atoms with Crippen LogP contribution in [0.15, 0.2) is 0 Å². The van der Waals surface area contributed by atoms with E-state index >= 15 is 0 Å². The summed E-state index contributed by atoms with van der Waals surface area (Å²) in [6, 6.07) is 0. The van der Waals surface area contributed by atoms with Gasteiger partial charge in [-0.1, -0.05) is 6.92 Å². The number of hydrogen-bond donors (Lipinski definition) is 2. The molecule has 4 nitrogen and oxygen atoms in total. The molecular weight excluding hydrogens is 194 g/mol. The van der Waals surface area contributed by atoms with E-state index in [0.717, 1.165) is 6.42 Å². The monoisotopic (exact) mass is 217 g/mol. The van der Waals surface area contributed by atoms with Crippen LogP contribution in [0.5, 0.6) is 0 Å². The van der Waals surface area contributed by atoms with Crippen molar-refractivity contribution < 1.29 is 14.6 Å². The van der Waals surface area contributed by atoms with Crippen molar-refractivity contribution in [3.63, 3.8) is 0 Å². The first kappa shape index (κ1) is 14.4. The van der Waals surface area contributed by atoms with Crippen molar-refractivity contribution in [3.05, 3.63) is 0 Å². The summed E-state index contributed by atoms with van der Waals surface area (Å²) in [6.45, 7) is 7.16. The first-order valence-corrected chi connectivity index (χ1v) is 5.58. The molecule has 1 unspecified atom stereocenters. The minimum atomic E-state index is -0.796. The van der Waals surface area contributed by atoms with Gasteiger partial charge in [-0.2, -0.15) is 0 Å². The van der Waals surface area contributed by atoms with Gasteiger partial charge in [0.15, 0.2) is 0 Å². The van der Waals surface area contributed by atoms with Crippen LogP contribution in [0.25, 0.3) is 0 Å². The topological polar surface area (TPSA) is 58.6 Å². The van der Waals surface area contributed by atoms with Gasteiger partial charge in [0.2, 0.25) is 5.91 Å². The molecule has 0 fully saturated rings. The van der Waals surface area contributed by atoms with Crippen LogP contribution in [-0.4, -0.2) is 36.4 Å². The fourth-order valence-electron chi connectivity index (χ4n) is 0.982. The van der Waals surface area contributed by atoms with E-state index < -0.39 is 5.60 Å². The summed E-state index contributed by atoms with van der Waals surface area (Å²) < 4.78 is 5.12. The lowest BCUT2D eigenvalue weighted by atomic mass is 10.0. The number of rotatable bonds is 8. The zero-order valence-corrected chi connectivity index (χ0v) is 10.0. The van der Waals surface area contributed by atoms with Crippen LogP contribution >= 0.6 is 0 Å². The van der Waals surface area contributed by atoms with Crippen molar-refractivity contribution in [1.82, 2.24) is 5.32 Å². The van der Waals surface area contributed by atoms with Crippen molar-refractivity contribution in [1.29, 1.82) is 0 Å². The first-order chi connectivity index (χ1) is 7.02. The van der Waals surface area contributed by atoms with Gasteiger partial charge in [-0.3, -0.25) is 4.79 Å². The van der Waals surface area contributed by atoms with Crippen molar-refractivity contribution in [2.45, 2.75) is 45.6 Å². The largest absolute Gasteiger partial charge is 0.388 e. The van der Waals surface area contributed by atoms with E-state index in [-0.39, 0.29) is 5.91 Å². The van der Waals surface area contributed by atoms with Gasteiger partial charge < -0.3 is 15.2 Å². The molecule has 0 heterocycles. The minimum Gasteiger partial charge on any atom is -0.388 e. The molecule has 0 radical (unpaired) electrons. The van der Waals surface area contributed by atoms with Crippen LogP contribution < -0.4 is 5.32 Å². The Balaban J connectivity index is 3.49. The number of carbonyl (C=O) groups is 1. The van der Waals surface area contributed by atoms with Crippen LogP contribution in [-0.2, 0) is 9.53 Å². The van der Waals surface area contributed by atoms with Crippen molar-refractivity contribution in [3.8, 4) is 0 Å². The van der Waals surface area contributed by atoms with Crippen LogP contribution in [0.3, 0.4) is 0 Å². The van der Waals surface area contributed by atoms with E-state index in [4.69, 9.17) is 4.74 Å². The highest BCUT2D eigenvalue weighted by atomic mass is 16.5. The standard InChI is InChI=1S/C11H23NO3/c1-4-11(3,14)9-12-10(13)7-6-8-15-5-2/h14H,4-9H2,1-3H3,(H,12,13). The second kappa shape index (κ2) is 7.65. The molecule has 0 bridgehead atoms. The summed E-state index contributed by atoms with van der Waals surface area (Å²) in [5.41, 5.74) is -0.796. The number of hydrogen-bond acceptors (Lipinski definition) is 3. The predicted molar refractivity (Wildman–Crippen MR) is 59.7 cm³/mol. The van der Waals surface area contributed by atoms with E-state index in [2.05, 4.69) is 5.32 Å². The Hall–Kier alpha value is -0.610. The van der Waals surface area contributed by atoms with E-state index in [1.807, 2.05) is 13.8 Å². The van der Waals surface area contributed by atoms with Gasteiger partial charge in [0.25, 0.3) is 0 Å². The maximum atomic E-state index is 11.3. The molecule has 0 aromatic rings. The second-order valence-electron chi connectivity index (χ2n) is 3.93. The van der Waals surface area contributed by atoms with Crippen LogP contribution in [0.4, 0.5) is 0 Å². The SMILES string of the molecule is CCOCCCC(=O)NCC(C)(O)CC. The summed E-state index contributed by atoms with van der Waals surface area (Å²) >= 11 is 0. The molecule has 0 aliphatic heterocycles. The second-order valence-corrected chi connectivity index (χ2v) is 3.93. The van der Waals surface area contributed by atoms with Crippen LogP contribution in [0.2, 0.25) is 0 Å². The molecule has 90 valence electrons. The lowest BCUT2D eigenvalue weighted by Crippen LogP contribution is -2.40. The zero-order chi connectivity index (χ0) is 11.7. The third-order valence-corrected chi connectivity index (χ3v) is 2.32. The highest BCUT2D eigenvalue weighted by Gasteiger charge is 2.17. The molecule has 1 amide bonds. The average molecular weight is 217 g/mol. The normalized spacial score (nSPS) is 14.7. The highest BCUT2D eigenvalue weighted by molar-refractivity contribution is 5.75. The first-order valence-electron chi connectivity index (χ1n) is 5.58. The molecule has 0 rings (SSSR count). The molecule has 0 aromatic heterocycles. The summed E-state index contributed by atoms with van der Waals surface area (Å²) in [7, 11) is 0. The Morgan fingerprint density at radius 2 is 2.13 bits per heavy atom. The lowest BCUT2D eigenvalue weighted by Gasteiger charge is -2.21. The molecule has 4 heteroatoms. The molecule has 0 spiro atoms. The number of nitrogens with one attached hydrogen (secondary N) is 1. The van der Waals surface area contributed by atoms with Crippen LogP contribution in [0.1, 0.15) is 40.0 Å². The van der Waals surface area contributed by atoms with Crippen molar-refractivity contribution >= 4 is 5.91 Å². The Bertz CT molecular complexity index is 181. The van der Waals surface area contributed by atoms with E-state index in [1.54, 1.807) is 6.92 Å². The zero-order valence-electron chi connectivity index (χ0n) is 10.0. The molecule has 0 aliphatic carbocycles. The van der Waals surface area contributed by atoms with Gasteiger partial charge in [-0.05, 0) is 26.7 Å². The predicted octanol–water partition coefficient (Wildman–Crippen LogP) is 1.08. The molecule has 0 saturated carbocycles. The Morgan fingerprint density at radius 1 is 1.47 bits per heavy atom. The summed E-state index contributed by atoms with van der Waals surface area (Å²) in [5.74, 6) is -0.0246. The fourth-order valence-corrected chi connectivity index (χ4v) is 0.982. The van der Waals surface area contributed by atoms with E-state index in [9.17, 15) is 9.90 Å². The molecule has 2 N–H and O–H groups in total. The Morgan fingerprint density at radius 3 is 2.67 bits per heavy atom. The Labute approximate surface area is 92.0 Å². The molecular formula is C11H23NO3. The maximum Gasteiger partial charge on any atom is 0.220 e. The highest BCUT2D eigenvalue weighted by Crippen LogP contribution is 2.05. The average Bonchev–Trinajstić information content (AvgIpc) is 2.22. The number of amides is 1. The van der Waals surface area contributed by atoms with E-state index in [1.165, 1.54) is 0 Å². The molecule has 0 aromatic carbocycles. The summed E-state index contributed by atoms with van der Waals surface area (Å²) in [6.07, 6.45) is 1.82. The van der Waals surface area contributed by atoms with Gasteiger partial charge >= 0.3 is 0 Å². The van der Waals surface area contributed by atoms with Gasteiger partial charge in [-0.15, -0.1) is 0 Å². The van der Waals surface area contributed by atoms with Gasteiger partial charge in [0.1, 0.15) is 0 Å². The summed E-state index contributed by atoms with van der Waals surface area (Å²) in [4.78, 5) is 11.3. The van der Waals surface area contributed by atoms with Gasteiger partial charge in [-0.25, -0.2) is 0 Å². The Kier molecular flexibility index (Phi) is 7.34. The molecule has 0 saturated heterocycles. The maximum absolute atomic E-state index is 11.3. The van der Waals surface area contributed by atoms with Gasteiger partial charge in [0, 0.05) is 26.2 Å². The molecule has 0 aliphatic rings. The smallest absolute Gasteiger partial charge is 0.220 e. The number of carbonyl (C=O) groups excluding carboxylic acids is 1.